The summed E-state index contributed by atoms with van der Waals surface area (Å²) in [6, 6.07) is 6.94. The zero-order chi connectivity index (χ0) is 14.8. The average Bonchev–Trinajstić information content (AvgIpc) is 2.77. The van der Waals surface area contributed by atoms with Crippen molar-refractivity contribution < 1.29 is 9.90 Å². The Kier molecular flexibility index (Phi) is 3.74. The van der Waals surface area contributed by atoms with Gasteiger partial charge in [-0.1, -0.05) is 12.1 Å². The number of H-pyrrole nitrogens is 1. The van der Waals surface area contributed by atoms with Crippen LogP contribution in [0, 0.1) is 6.92 Å². The lowest BCUT2D eigenvalue weighted by atomic mass is 9.94. The van der Waals surface area contributed by atoms with Crippen LogP contribution in [-0.2, 0) is 6.42 Å². The number of phenols is 1. The monoisotopic (exact) mass is 274 g/mol. The van der Waals surface area contributed by atoms with Crippen LogP contribution in [0.15, 0.2) is 24.3 Å². The van der Waals surface area contributed by atoms with E-state index in [1.165, 1.54) is 0 Å². The molecular weight excluding hydrogens is 256 g/mol. The van der Waals surface area contributed by atoms with Gasteiger partial charge in [-0.25, -0.2) is 0 Å². The maximum atomic E-state index is 12.1. The number of aromatic nitrogens is 3. The van der Waals surface area contributed by atoms with Gasteiger partial charge in [0, 0.05) is 5.54 Å². The van der Waals surface area contributed by atoms with E-state index in [-0.39, 0.29) is 11.7 Å². The summed E-state index contributed by atoms with van der Waals surface area (Å²) in [7, 11) is 0. The van der Waals surface area contributed by atoms with Crippen molar-refractivity contribution in [1.29, 1.82) is 0 Å². The van der Waals surface area contributed by atoms with Crippen LogP contribution in [0.3, 0.4) is 0 Å². The summed E-state index contributed by atoms with van der Waals surface area (Å²) >= 11 is 0. The molecule has 0 radical (unpaired) electrons. The summed E-state index contributed by atoms with van der Waals surface area (Å²) in [6.07, 6.45) is 0.649. The number of nitrogens with zero attached hydrogens (tertiary/aromatic N) is 2. The number of carbonyl (C=O) groups is 1. The lowest BCUT2D eigenvalue weighted by molar-refractivity contribution is 0.0907. The number of hydrogen-bond acceptors (Lipinski definition) is 4. The largest absolute Gasteiger partial charge is 0.508 e. The molecule has 0 atom stereocenters. The highest BCUT2D eigenvalue weighted by molar-refractivity contribution is 5.93. The highest BCUT2D eigenvalue weighted by Gasteiger charge is 2.24. The van der Waals surface area contributed by atoms with E-state index < -0.39 is 5.54 Å². The van der Waals surface area contributed by atoms with Crippen molar-refractivity contribution in [2.75, 3.05) is 0 Å². The first-order valence-electron chi connectivity index (χ1n) is 6.35. The van der Waals surface area contributed by atoms with Crippen LogP contribution in [0.1, 0.15) is 35.6 Å². The predicted octanol–water partition coefficient (Wildman–Crippen LogP) is 1.57. The predicted molar refractivity (Wildman–Crippen MR) is 74.5 cm³/mol. The number of hydrogen-bond donors (Lipinski definition) is 3. The molecule has 0 aliphatic rings. The average molecular weight is 274 g/mol. The number of aryl methyl sites for hydroxylation is 1. The summed E-state index contributed by atoms with van der Waals surface area (Å²) < 4.78 is 0. The lowest BCUT2D eigenvalue weighted by Crippen LogP contribution is -2.45. The molecule has 1 aromatic carbocycles. The van der Waals surface area contributed by atoms with E-state index in [9.17, 15) is 9.90 Å². The molecule has 3 N–H and O–H groups in total. The molecule has 0 spiro atoms. The van der Waals surface area contributed by atoms with Crippen molar-refractivity contribution in [2.24, 2.45) is 0 Å². The van der Waals surface area contributed by atoms with Crippen molar-refractivity contribution in [2.45, 2.75) is 32.7 Å². The van der Waals surface area contributed by atoms with Gasteiger partial charge in [-0.3, -0.25) is 4.79 Å². The zero-order valence-electron chi connectivity index (χ0n) is 11.8. The van der Waals surface area contributed by atoms with Crippen LogP contribution < -0.4 is 5.32 Å². The highest BCUT2D eigenvalue weighted by Crippen LogP contribution is 2.16. The van der Waals surface area contributed by atoms with Crippen LogP contribution in [0.2, 0.25) is 0 Å². The summed E-state index contributed by atoms with van der Waals surface area (Å²) in [5, 5.41) is 22.3. The molecule has 0 bridgehead atoms. The summed E-state index contributed by atoms with van der Waals surface area (Å²) in [5.41, 5.74) is 1.48. The molecule has 2 rings (SSSR count). The Morgan fingerprint density at radius 3 is 2.50 bits per heavy atom. The number of amides is 1. The van der Waals surface area contributed by atoms with Crippen molar-refractivity contribution >= 4 is 5.91 Å². The van der Waals surface area contributed by atoms with Gasteiger partial charge in [-0.2, -0.15) is 15.4 Å². The third-order valence-corrected chi connectivity index (χ3v) is 2.97. The number of aromatic amines is 1. The molecule has 1 heterocycles. The van der Waals surface area contributed by atoms with Gasteiger partial charge >= 0.3 is 0 Å². The Labute approximate surface area is 117 Å². The number of aromatic hydroxyl groups is 1. The van der Waals surface area contributed by atoms with E-state index >= 15 is 0 Å². The molecule has 0 saturated heterocycles. The van der Waals surface area contributed by atoms with E-state index in [4.69, 9.17) is 0 Å². The minimum Gasteiger partial charge on any atom is -0.508 e. The van der Waals surface area contributed by atoms with Gasteiger partial charge in [0.1, 0.15) is 5.75 Å². The molecular formula is C14H18N4O2. The minimum absolute atomic E-state index is 0.230. The second-order valence-electron chi connectivity index (χ2n) is 5.44. The van der Waals surface area contributed by atoms with Crippen LogP contribution >= 0.6 is 0 Å². The van der Waals surface area contributed by atoms with Gasteiger partial charge < -0.3 is 10.4 Å². The van der Waals surface area contributed by atoms with E-state index in [2.05, 4.69) is 20.7 Å². The molecule has 2 aromatic rings. The summed E-state index contributed by atoms with van der Waals surface area (Å²) in [6.45, 7) is 5.60. The number of nitrogens with one attached hydrogen (secondary N) is 2. The standard InChI is InChI=1S/C14H18N4O2/c1-9-12(17-18-16-9)13(20)15-14(2,3)8-10-4-6-11(19)7-5-10/h4-7,19H,8H2,1-3H3,(H,15,20)(H,16,17,18). The molecule has 0 unspecified atom stereocenters. The minimum atomic E-state index is -0.431. The normalized spacial score (nSPS) is 11.3. The summed E-state index contributed by atoms with van der Waals surface area (Å²) in [4.78, 5) is 12.1. The maximum absolute atomic E-state index is 12.1. The second kappa shape index (κ2) is 5.32. The topological polar surface area (TPSA) is 90.9 Å². The van der Waals surface area contributed by atoms with Gasteiger partial charge in [-0.15, -0.1) is 0 Å². The maximum Gasteiger partial charge on any atom is 0.274 e. The van der Waals surface area contributed by atoms with Crippen molar-refractivity contribution in [3.63, 3.8) is 0 Å². The fourth-order valence-corrected chi connectivity index (χ4v) is 2.03. The first-order chi connectivity index (χ1) is 9.37. The summed E-state index contributed by atoms with van der Waals surface area (Å²) in [5.74, 6) is -0.0196. The number of benzene rings is 1. The molecule has 0 fully saturated rings. The molecule has 0 saturated carbocycles. The lowest BCUT2D eigenvalue weighted by Gasteiger charge is -2.26. The van der Waals surface area contributed by atoms with Gasteiger partial charge in [0.25, 0.3) is 5.91 Å². The number of rotatable bonds is 4. The molecule has 1 amide bonds. The Bertz CT molecular complexity index is 602. The highest BCUT2D eigenvalue weighted by atomic mass is 16.3. The zero-order valence-corrected chi connectivity index (χ0v) is 11.8. The number of carbonyl (C=O) groups excluding carboxylic acids is 1. The van der Waals surface area contributed by atoms with E-state index in [0.717, 1.165) is 5.56 Å². The van der Waals surface area contributed by atoms with Crippen LogP contribution in [-0.4, -0.2) is 32.0 Å². The quantitative estimate of drug-likeness (QED) is 0.789. The molecule has 0 aliphatic heterocycles. The van der Waals surface area contributed by atoms with Crippen molar-refractivity contribution in [3.05, 3.63) is 41.2 Å². The van der Waals surface area contributed by atoms with Gasteiger partial charge in [0.15, 0.2) is 5.69 Å². The fraction of sp³-hybridized carbons (Fsp3) is 0.357. The van der Waals surface area contributed by atoms with Crippen molar-refractivity contribution in [3.8, 4) is 5.75 Å². The third-order valence-electron chi connectivity index (χ3n) is 2.97. The second-order valence-corrected chi connectivity index (χ2v) is 5.44. The van der Waals surface area contributed by atoms with E-state index in [0.29, 0.717) is 17.8 Å². The number of phenolic OH excluding ortho intramolecular Hbond substituents is 1. The fourth-order valence-electron chi connectivity index (χ4n) is 2.03. The van der Waals surface area contributed by atoms with E-state index in [1.807, 2.05) is 26.0 Å². The molecule has 6 heteroatoms. The van der Waals surface area contributed by atoms with Crippen LogP contribution in [0.25, 0.3) is 0 Å². The first kappa shape index (κ1) is 14.0. The first-order valence-corrected chi connectivity index (χ1v) is 6.35. The Hall–Kier alpha value is -2.37. The van der Waals surface area contributed by atoms with Gasteiger partial charge in [-0.05, 0) is 44.9 Å². The molecule has 0 aliphatic carbocycles. The molecule has 6 nitrogen and oxygen atoms in total. The Morgan fingerprint density at radius 1 is 1.30 bits per heavy atom. The van der Waals surface area contributed by atoms with Gasteiger partial charge in [0.2, 0.25) is 0 Å². The third kappa shape index (κ3) is 3.34. The Morgan fingerprint density at radius 2 is 1.95 bits per heavy atom. The van der Waals surface area contributed by atoms with Crippen molar-refractivity contribution in [1.82, 2.24) is 20.7 Å². The van der Waals surface area contributed by atoms with Crippen LogP contribution in [0.4, 0.5) is 0 Å². The molecule has 20 heavy (non-hydrogen) atoms. The molecule has 1 aromatic heterocycles. The Balaban J connectivity index is 2.05. The SMILES string of the molecule is Cc1n[nH]nc1C(=O)NC(C)(C)Cc1ccc(O)cc1. The van der Waals surface area contributed by atoms with Crippen LogP contribution in [0.5, 0.6) is 5.75 Å². The smallest absolute Gasteiger partial charge is 0.274 e. The van der Waals surface area contributed by atoms with E-state index in [1.54, 1.807) is 19.1 Å². The molecule has 106 valence electrons. The van der Waals surface area contributed by atoms with Gasteiger partial charge in [0.05, 0.1) is 5.69 Å².